The van der Waals surface area contributed by atoms with E-state index in [1.165, 1.54) is 7.11 Å². The molecular weight excluding hydrogens is 264 g/mol. The van der Waals surface area contributed by atoms with Crippen LogP contribution in [0.25, 0.3) is 0 Å². The number of nitrogens with zero attached hydrogens (tertiary/aromatic N) is 1. The molecule has 1 aliphatic rings. The van der Waals surface area contributed by atoms with Gasteiger partial charge in [-0.15, -0.1) is 0 Å². The van der Waals surface area contributed by atoms with Crippen LogP contribution in [0.4, 0.5) is 0 Å². The first-order chi connectivity index (χ1) is 9.14. The van der Waals surface area contributed by atoms with E-state index in [0.29, 0.717) is 11.3 Å². The predicted octanol–water partition coefficient (Wildman–Crippen LogP) is 2.23. The quantitative estimate of drug-likeness (QED) is 0.449. The van der Waals surface area contributed by atoms with Gasteiger partial charge in [0.25, 0.3) is 5.22 Å². The predicted molar refractivity (Wildman–Crippen MR) is 73.0 cm³/mol. The molecule has 1 aliphatic carbocycles. The summed E-state index contributed by atoms with van der Waals surface area (Å²) in [5, 5.41) is 4.06. The largest absolute Gasteiger partial charge is 0.468 e. The summed E-state index contributed by atoms with van der Waals surface area (Å²) in [6, 6.07) is 0.475. The summed E-state index contributed by atoms with van der Waals surface area (Å²) in [5.41, 5.74) is -0.576. The van der Waals surface area contributed by atoms with E-state index in [-0.39, 0.29) is 5.97 Å². The second-order valence-electron chi connectivity index (χ2n) is 4.99. The molecule has 1 saturated carbocycles. The van der Waals surface area contributed by atoms with Crippen LogP contribution in [0.15, 0.2) is 22.1 Å². The standard InChI is InChI=1S/C13H20N2O3S/c1-13(11(16)17-2,15-10-4-5-10)6-3-9-19-12-14-7-8-18-12/h7-8,10,15H,3-6,9H2,1-2H3. The lowest BCUT2D eigenvalue weighted by Gasteiger charge is -2.28. The van der Waals surface area contributed by atoms with E-state index in [2.05, 4.69) is 10.3 Å². The Hall–Kier alpha value is -1.01. The first kappa shape index (κ1) is 14.4. The van der Waals surface area contributed by atoms with Crippen molar-refractivity contribution in [1.82, 2.24) is 10.3 Å². The minimum absolute atomic E-state index is 0.180. The van der Waals surface area contributed by atoms with Crippen LogP contribution >= 0.6 is 11.8 Å². The van der Waals surface area contributed by atoms with Gasteiger partial charge in [-0.2, -0.15) is 0 Å². The molecule has 0 amide bonds. The molecule has 0 aliphatic heterocycles. The summed E-state index contributed by atoms with van der Waals surface area (Å²) in [4.78, 5) is 15.9. The summed E-state index contributed by atoms with van der Waals surface area (Å²) >= 11 is 1.56. The molecule has 0 saturated heterocycles. The SMILES string of the molecule is COC(=O)C(C)(CCCSc1ncco1)NC1CC1. The Morgan fingerprint density at radius 3 is 3.05 bits per heavy atom. The van der Waals surface area contributed by atoms with Crippen LogP contribution in [0.5, 0.6) is 0 Å². The molecule has 6 heteroatoms. The Labute approximate surface area is 117 Å². The van der Waals surface area contributed by atoms with E-state index in [1.54, 1.807) is 24.2 Å². The molecule has 0 spiro atoms. The Morgan fingerprint density at radius 1 is 1.68 bits per heavy atom. The highest BCUT2D eigenvalue weighted by Crippen LogP contribution is 2.26. The molecular formula is C13H20N2O3S. The number of oxazole rings is 1. The lowest BCUT2D eigenvalue weighted by molar-refractivity contribution is -0.148. The molecule has 0 aromatic carbocycles. The van der Waals surface area contributed by atoms with E-state index in [0.717, 1.165) is 31.4 Å². The average molecular weight is 284 g/mol. The molecule has 2 rings (SSSR count). The highest BCUT2D eigenvalue weighted by molar-refractivity contribution is 7.99. The van der Waals surface area contributed by atoms with Gasteiger partial charge >= 0.3 is 5.97 Å². The van der Waals surface area contributed by atoms with Crippen molar-refractivity contribution >= 4 is 17.7 Å². The summed E-state index contributed by atoms with van der Waals surface area (Å²) in [6.45, 7) is 1.92. The third-order valence-corrected chi connectivity index (χ3v) is 4.13. The number of aromatic nitrogens is 1. The van der Waals surface area contributed by atoms with Gasteiger partial charge in [0.15, 0.2) is 0 Å². The minimum Gasteiger partial charge on any atom is -0.468 e. The van der Waals surface area contributed by atoms with Gasteiger partial charge in [0.2, 0.25) is 0 Å². The third-order valence-electron chi connectivity index (χ3n) is 3.19. The fraction of sp³-hybridized carbons (Fsp3) is 0.692. The molecule has 1 N–H and O–H groups in total. The number of hydrogen-bond acceptors (Lipinski definition) is 6. The van der Waals surface area contributed by atoms with Crippen molar-refractivity contribution in [3.8, 4) is 0 Å². The lowest BCUT2D eigenvalue weighted by atomic mass is 9.96. The number of ether oxygens (including phenoxy) is 1. The smallest absolute Gasteiger partial charge is 0.325 e. The van der Waals surface area contributed by atoms with E-state index < -0.39 is 5.54 Å². The van der Waals surface area contributed by atoms with Crippen molar-refractivity contribution < 1.29 is 13.9 Å². The summed E-state index contributed by atoms with van der Waals surface area (Å²) in [5.74, 6) is 0.694. The van der Waals surface area contributed by atoms with E-state index >= 15 is 0 Å². The van der Waals surface area contributed by atoms with Crippen LogP contribution in [-0.4, -0.2) is 35.4 Å². The van der Waals surface area contributed by atoms with Gasteiger partial charge in [-0.05, 0) is 32.6 Å². The molecule has 1 aromatic rings. The maximum Gasteiger partial charge on any atom is 0.325 e. The van der Waals surface area contributed by atoms with Gasteiger partial charge in [0.05, 0.1) is 13.3 Å². The summed E-state index contributed by atoms with van der Waals surface area (Å²) in [6.07, 6.45) is 7.16. The van der Waals surface area contributed by atoms with Crippen molar-refractivity contribution in [2.75, 3.05) is 12.9 Å². The molecule has 0 radical (unpaired) electrons. The van der Waals surface area contributed by atoms with Gasteiger partial charge in [0, 0.05) is 11.8 Å². The van der Waals surface area contributed by atoms with Crippen molar-refractivity contribution in [1.29, 1.82) is 0 Å². The Balaban J connectivity index is 1.77. The average Bonchev–Trinajstić information content (AvgIpc) is 3.06. The number of rotatable bonds is 8. The molecule has 1 atom stereocenters. The van der Waals surface area contributed by atoms with Crippen molar-refractivity contribution in [3.05, 3.63) is 12.5 Å². The van der Waals surface area contributed by atoms with Gasteiger partial charge in [-0.3, -0.25) is 10.1 Å². The Bertz CT molecular complexity index is 406. The second-order valence-corrected chi connectivity index (χ2v) is 6.04. The van der Waals surface area contributed by atoms with Crippen LogP contribution in [0.1, 0.15) is 32.6 Å². The fourth-order valence-corrected chi connectivity index (χ4v) is 2.73. The lowest BCUT2D eigenvalue weighted by Crippen LogP contribution is -2.51. The van der Waals surface area contributed by atoms with E-state index in [9.17, 15) is 4.79 Å². The normalized spacial score (nSPS) is 18.0. The number of nitrogens with one attached hydrogen (secondary N) is 1. The second kappa shape index (κ2) is 6.43. The number of esters is 1. The van der Waals surface area contributed by atoms with Crippen molar-refractivity contribution in [3.63, 3.8) is 0 Å². The third kappa shape index (κ3) is 4.24. The molecule has 0 bridgehead atoms. The van der Waals surface area contributed by atoms with E-state index in [4.69, 9.17) is 9.15 Å². The first-order valence-electron chi connectivity index (χ1n) is 6.52. The first-order valence-corrected chi connectivity index (χ1v) is 7.51. The van der Waals surface area contributed by atoms with Crippen LogP contribution in [0.3, 0.4) is 0 Å². The van der Waals surface area contributed by atoms with Gasteiger partial charge in [-0.1, -0.05) is 11.8 Å². The minimum atomic E-state index is -0.576. The number of thioether (sulfide) groups is 1. The maximum atomic E-state index is 11.9. The van der Waals surface area contributed by atoms with E-state index in [1.807, 2.05) is 6.92 Å². The Morgan fingerprint density at radius 2 is 2.47 bits per heavy atom. The summed E-state index contributed by atoms with van der Waals surface area (Å²) in [7, 11) is 1.44. The van der Waals surface area contributed by atoms with Crippen LogP contribution in [-0.2, 0) is 9.53 Å². The van der Waals surface area contributed by atoms with Gasteiger partial charge < -0.3 is 9.15 Å². The highest BCUT2D eigenvalue weighted by atomic mass is 32.2. The Kier molecular flexibility index (Phi) is 4.87. The maximum absolute atomic E-state index is 11.9. The number of carbonyl (C=O) groups excluding carboxylic acids is 1. The molecule has 106 valence electrons. The van der Waals surface area contributed by atoms with Crippen LogP contribution < -0.4 is 5.32 Å². The molecule has 5 nitrogen and oxygen atoms in total. The van der Waals surface area contributed by atoms with Gasteiger partial charge in [-0.25, -0.2) is 4.98 Å². The zero-order valence-corrected chi connectivity index (χ0v) is 12.2. The number of methoxy groups -OCH3 is 1. The molecule has 1 unspecified atom stereocenters. The fourth-order valence-electron chi connectivity index (χ4n) is 2.00. The summed E-state index contributed by atoms with van der Waals surface area (Å²) < 4.78 is 10.1. The monoisotopic (exact) mass is 284 g/mol. The van der Waals surface area contributed by atoms with Crippen molar-refractivity contribution in [2.24, 2.45) is 0 Å². The molecule has 1 aromatic heterocycles. The van der Waals surface area contributed by atoms with Crippen LogP contribution in [0, 0.1) is 0 Å². The van der Waals surface area contributed by atoms with Gasteiger partial charge in [0.1, 0.15) is 11.8 Å². The zero-order valence-electron chi connectivity index (χ0n) is 11.3. The molecule has 1 heterocycles. The number of hydrogen-bond donors (Lipinski definition) is 1. The topological polar surface area (TPSA) is 64.4 Å². The van der Waals surface area contributed by atoms with Crippen molar-refractivity contribution in [2.45, 2.75) is 49.4 Å². The zero-order chi connectivity index (χ0) is 13.7. The molecule has 1 fully saturated rings. The highest BCUT2D eigenvalue weighted by Gasteiger charge is 2.38. The number of carbonyl (C=O) groups is 1. The molecule has 19 heavy (non-hydrogen) atoms. The van der Waals surface area contributed by atoms with Crippen LogP contribution in [0.2, 0.25) is 0 Å².